The summed E-state index contributed by atoms with van der Waals surface area (Å²) in [6.07, 6.45) is 6.36. The SMILES string of the molecule is C=C(C)CCC(O)C1(N(C)C)CCCC(C)C1. The molecule has 2 nitrogen and oxygen atoms in total. The van der Waals surface area contributed by atoms with Crippen LogP contribution < -0.4 is 0 Å². The molecule has 0 aromatic heterocycles. The Morgan fingerprint density at radius 3 is 2.65 bits per heavy atom. The van der Waals surface area contributed by atoms with Crippen molar-refractivity contribution in [1.29, 1.82) is 0 Å². The van der Waals surface area contributed by atoms with Gasteiger partial charge in [-0.05, 0) is 52.6 Å². The van der Waals surface area contributed by atoms with Crippen molar-refractivity contribution in [3.8, 4) is 0 Å². The highest BCUT2D eigenvalue weighted by Crippen LogP contribution is 2.39. The number of nitrogens with zero attached hydrogens (tertiary/aromatic N) is 1. The van der Waals surface area contributed by atoms with Crippen molar-refractivity contribution in [3.05, 3.63) is 12.2 Å². The van der Waals surface area contributed by atoms with Gasteiger partial charge < -0.3 is 10.0 Å². The van der Waals surface area contributed by atoms with Gasteiger partial charge >= 0.3 is 0 Å². The van der Waals surface area contributed by atoms with Crippen molar-refractivity contribution in [1.82, 2.24) is 4.90 Å². The van der Waals surface area contributed by atoms with Crippen LogP contribution in [0.1, 0.15) is 52.4 Å². The molecule has 1 fully saturated rings. The molecule has 0 aliphatic heterocycles. The molecule has 0 aromatic carbocycles. The Morgan fingerprint density at radius 1 is 1.53 bits per heavy atom. The van der Waals surface area contributed by atoms with Crippen LogP contribution in [-0.2, 0) is 0 Å². The summed E-state index contributed by atoms with van der Waals surface area (Å²) in [5, 5.41) is 10.6. The molecule has 0 bridgehead atoms. The minimum atomic E-state index is -0.225. The third-order valence-corrected chi connectivity index (χ3v) is 4.36. The summed E-state index contributed by atoms with van der Waals surface area (Å²) >= 11 is 0. The second-order valence-corrected chi connectivity index (χ2v) is 6.21. The van der Waals surface area contributed by atoms with Gasteiger partial charge in [0.1, 0.15) is 0 Å². The Labute approximate surface area is 107 Å². The lowest BCUT2D eigenvalue weighted by Gasteiger charge is -2.48. The zero-order valence-corrected chi connectivity index (χ0v) is 12.0. The molecule has 1 aliphatic rings. The van der Waals surface area contributed by atoms with Gasteiger partial charge in [0.05, 0.1) is 6.10 Å². The Kier molecular flexibility index (Phi) is 5.21. The van der Waals surface area contributed by atoms with E-state index in [1.54, 1.807) is 0 Å². The van der Waals surface area contributed by atoms with Crippen molar-refractivity contribution in [2.75, 3.05) is 14.1 Å². The van der Waals surface area contributed by atoms with Crippen LogP contribution in [0.5, 0.6) is 0 Å². The van der Waals surface area contributed by atoms with Crippen LogP contribution in [-0.4, -0.2) is 35.7 Å². The number of rotatable bonds is 5. The third-order valence-electron chi connectivity index (χ3n) is 4.36. The van der Waals surface area contributed by atoms with Gasteiger partial charge in [-0.1, -0.05) is 25.3 Å². The number of allylic oxidation sites excluding steroid dienone is 1. The van der Waals surface area contributed by atoms with Crippen molar-refractivity contribution in [3.63, 3.8) is 0 Å². The van der Waals surface area contributed by atoms with Crippen LogP contribution in [0, 0.1) is 5.92 Å². The smallest absolute Gasteiger partial charge is 0.0726 e. The van der Waals surface area contributed by atoms with Crippen molar-refractivity contribution < 1.29 is 5.11 Å². The average Bonchev–Trinajstić information content (AvgIpc) is 2.25. The van der Waals surface area contributed by atoms with Gasteiger partial charge in [0.25, 0.3) is 0 Å². The number of hydrogen-bond acceptors (Lipinski definition) is 2. The van der Waals surface area contributed by atoms with Gasteiger partial charge in [-0.15, -0.1) is 6.58 Å². The van der Waals surface area contributed by atoms with Crippen molar-refractivity contribution in [2.45, 2.75) is 64.0 Å². The Morgan fingerprint density at radius 2 is 2.18 bits per heavy atom. The minimum Gasteiger partial charge on any atom is -0.391 e. The molecule has 3 unspecified atom stereocenters. The molecule has 0 heterocycles. The topological polar surface area (TPSA) is 23.5 Å². The molecule has 0 aromatic rings. The van der Waals surface area contributed by atoms with Crippen LogP contribution in [0.3, 0.4) is 0 Å². The molecule has 2 heteroatoms. The fraction of sp³-hybridized carbons (Fsp3) is 0.867. The summed E-state index contributed by atoms with van der Waals surface area (Å²) in [6.45, 7) is 8.28. The van der Waals surface area contributed by atoms with E-state index in [9.17, 15) is 5.11 Å². The van der Waals surface area contributed by atoms with Gasteiger partial charge in [0.2, 0.25) is 0 Å². The Bertz CT molecular complexity index is 262. The maximum atomic E-state index is 10.6. The maximum Gasteiger partial charge on any atom is 0.0726 e. The number of aliphatic hydroxyl groups is 1. The molecule has 1 aliphatic carbocycles. The van der Waals surface area contributed by atoms with E-state index in [1.165, 1.54) is 18.4 Å². The summed E-state index contributed by atoms with van der Waals surface area (Å²) in [5.74, 6) is 0.727. The van der Waals surface area contributed by atoms with E-state index in [0.29, 0.717) is 0 Å². The largest absolute Gasteiger partial charge is 0.391 e. The van der Waals surface area contributed by atoms with Crippen LogP contribution in [0.25, 0.3) is 0 Å². The maximum absolute atomic E-state index is 10.6. The summed E-state index contributed by atoms with van der Waals surface area (Å²) in [7, 11) is 4.23. The molecule has 3 atom stereocenters. The zero-order chi connectivity index (χ0) is 13.1. The second-order valence-electron chi connectivity index (χ2n) is 6.21. The first kappa shape index (κ1) is 14.7. The molecule has 1 rings (SSSR count). The lowest BCUT2D eigenvalue weighted by molar-refractivity contribution is -0.0464. The van der Waals surface area contributed by atoms with Gasteiger partial charge in [-0.3, -0.25) is 0 Å². The molecule has 1 saturated carbocycles. The van der Waals surface area contributed by atoms with Gasteiger partial charge in [-0.2, -0.15) is 0 Å². The zero-order valence-electron chi connectivity index (χ0n) is 12.0. The first-order valence-corrected chi connectivity index (χ1v) is 6.88. The standard InChI is InChI=1S/C15H29NO/c1-12(2)8-9-14(17)15(16(4)5)10-6-7-13(3)11-15/h13-14,17H,1,6-11H2,2-5H3. The molecule has 1 N–H and O–H groups in total. The molecule has 0 saturated heterocycles. The summed E-state index contributed by atoms with van der Waals surface area (Å²) in [4.78, 5) is 2.26. The third kappa shape index (κ3) is 3.56. The average molecular weight is 239 g/mol. The number of aliphatic hydroxyl groups excluding tert-OH is 1. The van der Waals surface area contributed by atoms with E-state index in [2.05, 4.69) is 32.5 Å². The first-order chi connectivity index (χ1) is 7.88. The molecular formula is C15H29NO. The number of hydrogen-bond donors (Lipinski definition) is 1. The molecule has 100 valence electrons. The van der Waals surface area contributed by atoms with Gasteiger partial charge in [0, 0.05) is 5.54 Å². The normalized spacial score (nSPS) is 31.5. The van der Waals surface area contributed by atoms with E-state index in [1.807, 2.05) is 6.92 Å². The highest BCUT2D eigenvalue weighted by molar-refractivity contribution is 5.00. The Balaban J connectivity index is 2.72. The molecule has 0 radical (unpaired) electrons. The van der Waals surface area contributed by atoms with E-state index < -0.39 is 0 Å². The number of likely N-dealkylation sites (N-methyl/N-ethyl adjacent to an activating group) is 1. The van der Waals surface area contributed by atoms with Crippen molar-refractivity contribution >= 4 is 0 Å². The monoisotopic (exact) mass is 239 g/mol. The quantitative estimate of drug-likeness (QED) is 0.745. The van der Waals surface area contributed by atoms with Gasteiger partial charge in [0.15, 0.2) is 0 Å². The summed E-state index contributed by atoms with van der Waals surface area (Å²) < 4.78 is 0. The van der Waals surface area contributed by atoms with Gasteiger partial charge in [-0.25, -0.2) is 0 Å². The fourth-order valence-corrected chi connectivity index (χ4v) is 3.22. The second kappa shape index (κ2) is 6.01. The lowest BCUT2D eigenvalue weighted by Crippen LogP contribution is -2.56. The van der Waals surface area contributed by atoms with Crippen LogP contribution >= 0.6 is 0 Å². The van der Waals surface area contributed by atoms with Crippen LogP contribution in [0.2, 0.25) is 0 Å². The van der Waals surface area contributed by atoms with E-state index in [0.717, 1.165) is 31.6 Å². The van der Waals surface area contributed by atoms with Crippen molar-refractivity contribution in [2.24, 2.45) is 5.92 Å². The van der Waals surface area contributed by atoms with E-state index >= 15 is 0 Å². The molecular weight excluding hydrogens is 210 g/mol. The summed E-state index contributed by atoms with van der Waals surface area (Å²) in [5.41, 5.74) is 1.16. The summed E-state index contributed by atoms with van der Waals surface area (Å²) in [6, 6.07) is 0. The molecule has 0 amide bonds. The fourth-order valence-electron chi connectivity index (χ4n) is 3.22. The predicted octanol–water partition coefficient (Wildman–Crippen LogP) is 3.21. The minimum absolute atomic E-state index is 0.00683. The highest BCUT2D eigenvalue weighted by Gasteiger charge is 2.42. The van der Waals surface area contributed by atoms with E-state index in [4.69, 9.17) is 0 Å². The molecule has 0 spiro atoms. The first-order valence-electron chi connectivity index (χ1n) is 6.88. The lowest BCUT2D eigenvalue weighted by atomic mass is 9.71. The van der Waals surface area contributed by atoms with Crippen LogP contribution in [0.4, 0.5) is 0 Å². The van der Waals surface area contributed by atoms with E-state index in [-0.39, 0.29) is 11.6 Å². The predicted molar refractivity (Wildman–Crippen MR) is 74.1 cm³/mol. The highest BCUT2D eigenvalue weighted by atomic mass is 16.3. The van der Waals surface area contributed by atoms with Crippen LogP contribution in [0.15, 0.2) is 12.2 Å². The Hall–Kier alpha value is -0.340. The molecule has 17 heavy (non-hydrogen) atoms.